The van der Waals surface area contributed by atoms with Gasteiger partial charge in [0.2, 0.25) is 11.7 Å². The maximum absolute atomic E-state index is 12.7. The van der Waals surface area contributed by atoms with Crippen molar-refractivity contribution in [1.82, 2.24) is 30.2 Å². The van der Waals surface area contributed by atoms with Crippen molar-refractivity contribution in [1.29, 1.82) is 0 Å². The zero-order valence-corrected chi connectivity index (χ0v) is 17.9. The van der Waals surface area contributed by atoms with Gasteiger partial charge in [-0.2, -0.15) is 23.3 Å². The van der Waals surface area contributed by atoms with Crippen molar-refractivity contribution in [3.8, 4) is 28.7 Å². The number of hydrogen-bond donors (Lipinski definition) is 2. The number of nitrogens with zero attached hydrogens (tertiary/aromatic N) is 5. The number of ether oxygens (including phenoxy) is 1. The lowest BCUT2D eigenvalue weighted by molar-refractivity contribution is -0.137. The molecule has 0 spiro atoms. The molecule has 3 aromatic heterocycles. The van der Waals surface area contributed by atoms with Crippen molar-refractivity contribution >= 4 is 11.7 Å². The largest absolute Gasteiger partial charge is 0.471 e. The lowest BCUT2D eigenvalue weighted by Crippen LogP contribution is -2.24. The zero-order valence-electron chi connectivity index (χ0n) is 17.9. The number of pyridine rings is 1. The number of aromatic nitrogens is 5. The number of rotatable bonds is 6. The normalized spacial score (nSPS) is 11.3. The van der Waals surface area contributed by atoms with Gasteiger partial charge in [-0.1, -0.05) is 17.3 Å². The molecule has 0 saturated carbocycles. The molecule has 3 heterocycles. The topological polar surface area (TPSA) is 120 Å². The van der Waals surface area contributed by atoms with Crippen LogP contribution in [-0.4, -0.2) is 38.0 Å². The van der Waals surface area contributed by atoms with E-state index >= 15 is 0 Å². The highest BCUT2D eigenvalue weighted by atomic mass is 19.4. The van der Waals surface area contributed by atoms with Crippen LogP contribution in [0.3, 0.4) is 0 Å². The lowest BCUT2D eigenvalue weighted by atomic mass is 10.2. The van der Waals surface area contributed by atoms with Crippen LogP contribution in [0.4, 0.5) is 23.7 Å². The molecule has 0 aliphatic carbocycles. The Labute approximate surface area is 190 Å². The smallest absolute Gasteiger partial charge is 0.417 e. The second kappa shape index (κ2) is 9.21. The van der Waals surface area contributed by atoms with Gasteiger partial charge in [0, 0.05) is 37.6 Å². The van der Waals surface area contributed by atoms with Gasteiger partial charge in [-0.05, 0) is 18.2 Å². The van der Waals surface area contributed by atoms with Gasteiger partial charge in [-0.3, -0.25) is 4.68 Å². The Morgan fingerprint density at radius 3 is 2.74 bits per heavy atom. The second-order valence-electron chi connectivity index (χ2n) is 7.01. The molecule has 0 saturated heterocycles. The molecule has 1 aromatic carbocycles. The van der Waals surface area contributed by atoms with Crippen LogP contribution >= 0.6 is 0 Å². The molecule has 0 unspecified atom stereocenters. The molecule has 0 atom stereocenters. The van der Waals surface area contributed by atoms with Gasteiger partial charge in [0.1, 0.15) is 6.61 Å². The number of benzene rings is 1. The average molecular weight is 473 g/mol. The van der Waals surface area contributed by atoms with E-state index in [0.717, 1.165) is 12.1 Å². The Hall–Kier alpha value is -4.42. The lowest BCUT2D eigenvalue weighted by Gasteiger charge is -2.09. The third-order valence-electron chi connectivity index (χ3n) is 4.74. The molecule has 4 rings (SSSR count). The van der Waals surface area contributed by atoms with Crippen LogP contribution in [0.15, 0.2) is 53.3 Å². The Bertz CT molecular complexity index is 1300. The predicted octanol–water partition coefficient (Wildman–Crippen LogP) is 3.88. The van der Waals surface area contributed by atoms with E-state index in [-0.39, 0.29) is 30.2 Å². The minimum Gasteiger partial charge on any atom is -0.471 e. The highest BCUT2D eigenvalue weighted by Gasteiger charge is 2.30. The Morgan fingerprint density at radius 2 is 2.03 bits per heavy atom. The fraction of sp³-hybridized carbons (Fsp3) is 0.190. The maximum Gasteiger partial charge on any atom is 0.417 e. The summed E-state index contributed by atoms with van der Waals surface area (Å²) in [6, 6.07) is 8.56. The van der Waals surface area contributed by atoms with Crippen molar-refractivity contribution in [2.45, 2.75) is 12.8 Å². The van der Waals surface area contributed by atoms with Crippen LogP contribution in [0.5, 0.6) is 5.88 Å². The number of carbonyl (C=O) groups is 1. The number of alkyl halides is 3. The minimum atomic E-state index is -4.48. The number of nitrogens with one attached hydrogen (secondary N) is 2. The molecule has 10 nitrogen and oxygen atoms in total. The van der Waals surface area contributed by atoms with Gasteiger partial charge in [0.15, 0.2) is 0 Å². The first-order chi connectivity index (χ1) is 16.2. The third kappa shape index (κ3) is 4.98. The van der Waals surface area contributed by atoms with Gasteiger partial charge in [0.05, 0.1) is 23.0 Å². The van der Waals surface area contributed by atoms with Crippen LogP contribution in [0.2, 0.25) is 0 Å². The van der Waals surface area contributed by atoms with Crippen LogP contribution < -0.4 is 15.4 Å². The van der Waals surface area contributed by atoms with Crippen LogP contribution in [-0.2, 0) is 19.8 Å². The third-order valence-corrected chi connectivity index (χ3v) is 4.74. The fourth-order valence-electron chi connectivity index (χ4n) is 2.97. The van der Waals surface area contributed by atoms with Crippen molar-refractivity contribution in [3.05, 3.63) is 60.0 Å². The van der Waals surface area contributed by atoms with Crippen molar-refractivity contribution in [2.24, 2.45) is 7.05 Å². The number of aryl methyl sites for hydroxylation is 1. The Kier molecular flexibility index (Phi) is 6.17. The van der Waals surface area contributed by atoms with Crippen LogP contribution in [0.1, 0.15) is 11.3 Å². The molecular formula is C21H18F3N7O3. The molecule has 0 radical (unpaired) electrons. The van der Waals surface area contributed by atoms with Crippen LogP contribution in [0, 0.1) is 0 Å². The summed E-state index contributed by atoms with van der Waals surface area (Å²) in [5, 5.41) is 13.3. The highest BCUT2D eigenvalue weighted by Crippen LogP contribution is 2.30. The molecule has 2 N–H and O–H groups in total. The van der Waals surface area contributed by atoms with E-state index in [2.05, 4.69) is 30.9 Å². The summed E-state index contributed by atoms with van der Waals surface area (Å²) in [6.07, 6.45) is -2.26. The van der Waals surface area contributed by atoms with E-state index in [0.29, 0.717) is 28.7 Å². The second-order valence-corrected chi connectivity index (χ2v) is 7.01. The number of urea groups is 1. The molecule has 0 aliphatic heterocycles. The van der Waals surface area contributed by atoms with Crippen LogP contribution in [0.25, 0.3) is 22.8 Å². The summed E-state index contributed by atoms with van der Waals surface area (Å²) in [7, 11) is 3.18. The quantitative estimate of drug-likeness (QED) is 0.436. The van der Waals surface area contributed by atoms with E-state index in [9.17, 15) is 18.0 Å². The molecule has 2 amide bonds. The maximum atomic E-state index is 12.7. The molecule has 4 aromatic rings. The van der Waals surface area contributed by atoms with E-state index in [1.165, 1.54) is 17.9 Å². The minimum absolute atomic E-state index is 0.0202. The van der Waals surface area contributed by atoms with E-state index in [1.54, 1.807) is 31.3 Å². The van der Waals surface area contributed by atoms with Gasteiger partial charge in [-0.15, -0.1) is 0 Å². The number of amides is 2. The standard InChI is InChI=1S/C21H18F3N7O3/c1-25-20(32)28-14-5-3-4-12(8-14)18-29-19(34-30-18)15-10-27-31(2)16(15)11-33-17-7-6-13(9-26-17)21(22,23)24/h3-10H,11H2,1-2H3,(H2,25,28,32). The van der Waals surface area contributed by atoms with Crippen molar-refractivity contribution in [3.63, 3.8) is 0 Å². The van der Waals surface area contributed by atoms with Gasteiger partial charge in [-0.25, -0.2) is 9.78 Å². The zero-order chi connectivity index (χ0) is 24.3. The van der Waals surface area contributed by atoms with Gasteiger partial charge >= 0.3 is 12.2 Å². The summed E-state index contributed by atoms with van der Waals surface area (Å²) < 4.78 is 50.6. The molecule has 34 heavy (non-hydrogen) atoms. The first-order valence-electron chi connectivity index (χ1n) is 9.85. The number of carbonyl (C=O) groups excluding carboxylic acids is 1. The number of halogens is 3. The number of hydrogen-bond acceptors (Lipinski definition) is 7. The monoisotopic (exact) mass is 473 g/mol. The fourth-order valence-corrected chi connectivity index (χ4v) is 2.97. The van der Waals surface area contributed by atoms with Crippen molar-refractivity contribution < 1.29 is 27.2 Å². The Morgan fingerprint density at radius 1 is 1.21 bits per heavy atom. The molecule has 0 fully saturated rings. The van der Waals surface area contributed by atoms with E-state index in [4.69, 9.17) is 9.26 Å². The first kappa shape index (κ1) is 22.8. The van der Waals surface area contributed by atoms with Gasteiger partial charge < -0.3 is 19.9 Å². The molecular weight excluding hydrogens is 455 g/mol. The summed E-state index contributed by atoms with van der Waals surface area (Å²) in [5.74, 6) is 0.481. The number of anilines is 1. The summed E-state index contributed by atoms with van der Waals surface area (Å²) in [6.45, 7) is -0.0482. The molecule has 13 heteroatoms. The van der Waals surface area contributed by atoms with E-state index < -0.39 is 11.7 Å². The summed E-state index contributed by atoms with van der Waals surface area (Å²) in [5.41, 5.74) is 1.33. The van der Waals surface area contributed by atoms with E-state index in [1.807, 2.05) is 0 Å². The average Bonchev–Trinajstić information content (AvgIpc) is 3.44. The molecule has 0 bridgehead atoms. The molecule has 176 valence electrons. The summed E-state index contributed by atoms with van der Waals surface area (Å²) in [4.78, 5) is 19.6. The van der Waals surface area contributed by atoms with Crippen molar-refractivity contribution in [2.75, 3.05) is 12.4 Å². The summed E-state index contributed by atoms with van der Waals surface area (Å²) >= 11 is 0. The first-order valence-corrected chi connectivity index (χ1v) is 9.85. The molecule has 0 aliphatic rings. The van der Waals surface area contributed by atoms with Gasteiger partial charge in [0.25, 0.3) is 5.89 Å². The SMILES string of the molecule is CNC(=O)Nc1cccc(-c2noc(-c3cnn(C)c3COc3ccc(C(F)(F)F)cn3)n2)c1. The Balaban J connectivity index is 1.52. The predicted molar refractivity (Wildman–Crippen MR) is 114 cm³/mol. The highest BCUT2D eigenvalue weighted by molar-refractivity contribution is 5.89.